The molecule has 7 nitrogen and oxygen atoms in total. The van der Waals surface area contributed by atoms with Crippen LogP contribution in [-0.2, 0) is 4.74 Å². The number of carbonyl (C=O) groups excluding carboxylic acids is 1. The van der Waals surface area contributed by atoms with Crippen LogP contribution >= 0.6 is 0 Å². The number of aliphatic hydroxyl groups is 3. The quantitative estimate of drug-likeness (QED) is 0.685. The number of ether oxygens (including phenoxy) is 2. The van der Waals surface area contributed by atoms with Crippen molar-refractivity contribution < 1.29 is 29.6 Å². The Morgan fingerprint density at radius 1 is 1.15 bits per heavy atom. The summed E-state index contributed by atoms with van der Waals surface area (Å²) < 4.78 is 10.8. The Hall–Kier alpha value is -2.76. The van der Waals surface area contributed by atoms with E-state index in [-0.39, 0.29) is 12.4 Å². The molecule has 0 amide bonds. The van der Waals surface area contributed by atoms with E-state index in [9.17, 15) is 20.1 Å². The Morgan fingerprint density at radius 2 is 1.85 bits per heavy atom. The molecule has 0 saturated carbocycles. The molecule has 0 radical (unpaired) electrons. The van der Waals surface area contributed by atoms with Crippen molar-refractivity contribution in [3.05, 3.63) is 64.7 Å². The van der Waals surface area contributed by atoms with Crippen LogP contribution in [0.3, 0.4) is 0 Å². The molecule has 27 heavy (non-hydrogen) atoms. The van der Waals surface area contributed by atoms with Gasteiger partial charge in [0.25, 0.3) is 0 Å². The SMILES string of the molecule is Cc1cc(O[C@H]2OC[C@@H](O)[C@H](O)[C@H]2O)ccc1C(=O)c1ccc(C#N)cc1. The highest BCUT2D eigenvalue weighted by Crippen LogP contribution is 2.24. The lowest BCUT2D eigenvalue weighted by Gasteiger charge is -2.35. The summed E-state index contributed by atoms with van der Waals surface area (Å²) in [5, 5.41) is 37.9. The van der Waals surface area contributed by atoms with Crippen LogP contribution in [0, 0.1) is 18.3 Å². The maximum atomic E-state index is 12.6. The van der Waals surface area contributed by atoms with Gasteiger partial charge in [-0.3, -0.25) is 4.79 Å². The van der Waals surface area contributed by atoms with Crippen LogP contribution in [-0.4, -0.2) is 52.3 Å². The van der Waals surface area contributed by atoms with Gasteiger partial charge in [-0.15, -0.1) is 0 Å². The van der Waals surface area contributed by atoms with Gasteiger partial charge in [0.05, 0.1) is 18.2 Å². The second kappa shape index (κ2) is 7.86. The molecule has 0 bridgehead atoms. The summed E-state index contributed by atoms with van der Waals surface area (Å²) in [5.74, 6) is 0.174. The summed E-state index contributed by atoms with van der Waals surface area (Å²) in [4.78, 5) is 12.6. The molecular weight excluding hydrogens is 350 g/mol. The fourth-order valence-corrected chi connectivity index (χ4v) is 2.83. The van der Waals surface area contributed by atoms with Gasteiger partial charge >= 0.3 is 0 Å². The third-order valence-corrected chi connectivity index (χ3v) is 4.43. The maximum absolute atomic E-state index is 12.6. The Kier molecular flexibility index (Phi) is 5.54. The highest BCUT2D eigenvalue weighted by molar-refractivity contribution is 6.10. The lowest BCUT2D eigenvalue weighted by Crippen LogP contribution is -2.54. The summed E-state index contributed by atoms with van der Waals surface area (Å²) in [6.07, 6.45) is -5.05. The Morgan fingerprint density at radius 3 is 2.48 bits per heavy atom. The first-order valence-corrected chi connectivity index (χ1v) is 8.38. The predicted molar refractivity (Wildman–Crippen MR) is 94.2 cm³/mol. The molecule has 2 aromatic rings. The van der Waals surface area contributed by atoms with Crippen LogP contribution < -0.4 is 4.74 Å². The highest BCUT2D eigenvalue weighted by Gasteiger charge is 2.39. The van der Waals surface area contributed by atoms with E-state index in [4.69, 9.17) is 14.7 Å². The summed E-state index contributed by atoms with van der Waals surface area (Å²) in [7, 11) is 0. The Labute approximate surface area is 156 Å². The van der Waals surface area contributed by atoms with Crippen molar-refractivity contribution in [2.24, 2.45) is 0 Å². The third-order valence-electron chi connectivity index (χ3n) is 4.43. The van der Waals surface area contributed by atoms with E-state index < -0.39 is 24.6 Å². The number of rotatable bonds is 4. The van der Waals surface area contributed by atoms with Crippen molar-refractivity contribution in [2.75, 3.05) is 6.61 Å². The molecule has 1 heterocycles. The van der Waals surface area contributed by atoms with Gasteiger partial charge in [0, 0.05) is 11.1 Å². The minimum Gasteiger partial charge on any atom is -0.462 e. The van der Waals surface area contributed by atoms with Gasteiger partial charge in [0.15, 0.2) is 5.78 Å². The van der Waals surface area contributed by atoms with E-state index >= 15 is 0 Å². The van der Waals surface area contributed by atoms with E-state index in [2.05, 4.69) is 0 Å². The van der Waals surface area contributed by atoms with Crippen LogP contribution in [0.2, 0.25) is 0 Å². The molecule has 0 aromatic heterocycles. The smallest absolute Gasteiger partial charge is 0.228 e. The van der Waals surface area contributed by atoms with Crippen LogP contribution in [0.25, 0.3) is 0 Å². The lowest BCUT2D eigenvalue weighted by atomic mass is 9.98. The first kappa shape index (κ1) is 19.0. The molecule has 7 heteroatoms. The lowest BCUT2D eigenvalue weighted by molar-refractivity contribution is -0.242. The average molecular weight is 369 g/mol. The number of hydrogen-bond acceptors (Lipinski definition) is 7. The van der Waals surface area contributed by atoms with E-state index in [0.717, 1.165) is 0 Å². The number of ketones is 1. The van der Waals surface area contributed by atoms with Crippen molar-refractivity contribution in [1.82, 2.24) is 0 Å². The van der Waals surface area contributed by atoms with Crippen LogP contribution in [0.15, 0.2) is 42.5 Å². The maximum Gasteiger partial charge on any atom is 0.228 e. The zero-order chi connectivity index (χ0) is 19.6. The molecule has 1 aliphatic rings. The molecule has 1 aliphatic heterocycles. The van der Waals surface area contributed by atoms with Gasteiger partial charge in [-0.05, 0) is 55.0 Å². The molecule has 2 aromatic carbocycles. The second-order valence-corrected chi connectivity index (χ2v) is 6.36. The summed E-state index contributed by atoms with van der Waals surface area (Å²) >= 11 is 0. The molecule has 1 fully saturated rings. The molecule has 140 valence electrons. The van der Waals surface area contributed by atoms with Crippen molar-refractivity contribution in [3.8, 4) is 11.8 Å². The van der Waals surface area contributed by atoms with Crippen molar-refractivity contribution in [1.29, 1.82) is 5.26 Å². The molecule has 0 aliphatic carbocycles. The van der Waals surface area contributed by atoms with Gasteiger partial charge in [0.2, 0.25) is 6.29 Å². The van der Waals surface area contributed by atoms with Gasteiger partial charge < -0.3 is 24.8 Å². The zero-order valence-electron chi connectivity index (χ0n) is 14.6. The molecule has 0 spiro atoms. The van der Waals surface area contributed by atoms with Gasteiger partial charge in [-0.25, -0.2) is 0 Å². The molecular formula is C20H19NO6. The van der Waals surface area contributed by atoms with E-state index in [0.29, 0.717) is 28.0 Å². The standard InChI is InChI=1S/C20H19NO6/c1-11-8-14(27-20-19(25)18(24)16(22)10-26-20)6-7-15(11)17(23)13-4-2-12(9-21)3-5-13/h2-8,16,18-20,22,24-25H,10H2,1H3/t16-,18+,19-,20-/m1/s1. The minimum atomic E-state index is -1.39. The van der Waals surface area contributed by atoms with Crippen molar-refractivity contribution in [2.45, 2.75) is 31.5 Å². The summed E-state index contributed by atoms with van der Waals surface area (Å²) in [6, 6.07) is 13.2. The number of aryl methyl sites for hydroxylation is 1. The topological polar surface area (TPSA) is 120 Å². The summed E-state index contributed by atoms with van der Waals surface area (Å²) in [6.45, 7) is 1.59. The second-order valence-electron chi connectivity index (χ2n) is 6.36. The minimum absolute atomic E-state index is 0.156. The number of nitrogens with zero attached hydrogens (tertiary/aromatic N) is 1. The van der Waals surface area contributed by atoms with Gasteiger partial charge in [0.1, 0.15) is 24.1 Å². The average Bonchev–Trinajstić information content (AvgIpc) is 2.68. The normalized spacial score (nSPS) is 24.9. The Balaban J connectivity index is 1.75. The largest absolute Gasteiger partial charge is 0.462 e. The van der Waals surface area contributed by atoms with Crippen LogP contribution in [0.4, 0.5) is 0 Å². The van der Waals surface area contributed by atoms with E-state index in [1.54, 1.807) is 49.4 Å². The highest BCUT2D eigenvalue weighted by atomic mass is 16.7. The van der Waals surface area contributed by atoms with Crippen LogP contribution in [0.5, 0.6) is 5.75 Å². The molecule has 3 N–H and O–H groups in total. The number of benzene rings is 2. The van der Waals surface area contributed by atoms with E-state index in [1.807, 2.05) is 6.07 Å². The fourth-order valence-electron chi connectivity index (χ4n) is 2.83. The number of aliphatic hydroxyl groups excluding tert-OH is 3. The molecule has 1 saturated heterocycles. The van der Waals surface area contributed by atoms with E-state index in [1.165, 1.54) is 0 Å². The van der Waals surface area contributed by atoms with Crippen LogP contribution in [0.1, 0.15) is 27.0 Å². The first-order valence-electron chi connectivity index (χ1n) is 8.38. The van der Waals surface area contributed by atoms with Gasteiger partial charge in [-0.2, -0.15) is 5.26 Å². The fraction of sp³-hybridized carbons (Fsp3) is 0.300. The number of carbonyl (C=O) groups is 1. The van der Waals surface area contributed by atoms with Gasteiger partial charge in [-0.1, -0.05) is 0 Å². The molecule has 0 unspecified atom stereocenters. The predicted octanol–water partition coefficient (Wildman–Crippen LogP) is 0.916. The molecule has 3 rings (SSSR count). The zero-order valence-corrected chi connectivity index (χ0v) is 14.6. The number of hydrogen-bond donors (Lipinski definition) is 3. The molecule has 4 atom stereocenters. The Bertz CT molecular complexity index is 873. The van der Waals surface area contributed by atoms with Crippen molar-refractivity contribution in [3.63, 3.8) is 0 Å². The summed E-state index contributed by atoms with van der Waals surface area (Å²) in [5.41, 5.74) is 2.08. The number of nitriles is 1. The van der Waals surface area contributed by atoms with Crippen molar-refractivity contribution >= 4 is 5.78 Å². The monoisotopic (exact) mass is 369 g/mol. The third kappa shape index (κ3) is 3.99. The first-order chi connectivity index (χ1) is 12.9.